The van der Waals surface area contributed by atoms with E-state index in [-0.39, 0.29) is 6.54 Å². The number of benzene rings is 1. The molecule has 0 spiro atoms. The van der Waals surface area contributed by atoms with Crippen LogP contribution >= 0.6 is 15.9 Å². The van der Waals surface area contributed by atoms with Crippen molar-refractivity contribution >= 4 is 26.0 Å². The molecule has 1 aromatic carbocycles. The summed E-state index contributed by atoms with van der Waals surface area (Å²) in [5.74, 6) is 2.90. The van der Waals surface area contributed by atoms with Gasteiger partial charge >= 0.3 is 0 Å². The lowest BCUT2D eigenvalue weighted by atomic mass is 10.4. The third-order valence-electron chi connectivity index (χ3n) is 2.88. The molecule has 3 nitrogen and oxygen atoms in total. The molecule has 0 radical (unpaired) electrons. The molecule has 0 aliphatic heterocycles. The lowest BCUT2D eigenvalue weighted by Gasteiger charge is -2.19. The second-order valence-corrected chi connectivity index (χ2v) is 7.25. The van der Waals surface area contributed by atoms with E-state index in [0.717, 1.165) is 17.3 Å². The molecule has 18 heavy (non-hydrogen) atoms. The number of halogens is 1. The van der Waals surface area contributed by atoms with Crippen molar-refractivity contribution in [1.29, 1.82) is 0 Å². The third-order valence-corrected chi connectivity index (χ3v) is 5.23. The van der Waals surface area contributed by atoms with Crippen LogP contribution in [0.25, 0.3) is 0 Å². The van der Waals surface area contributed by atoms with Crippen LogP contribution in [0.2, 0.25) is 0 Å². The summed E-state index contributed by atoms with van der Waals surface area (Å²) in [5, 5.41) is 0. The summed E-state index contributed by atoms with van der Waals surface area (Å²) >= 11 is 3.29. The highest BCUT2D eigenvalue weighted by atomic mass is 79.9. The van der Waals surface area contributed by atoms with E-state index in [1.54, 1.807) is 24.3 Å². The molecular weight excluding hydrogens is 314 g/mol. The van der Waals surface area contributed by atoms with E-state index in [2.05, 4.69) is 21.9 Å². The largest absolute Gasteiger partial charge is 0.243 e. The van der Waals surface area contributed by atoms with E-state index >= 15 is 0 Å². The van der Waals surface area contributed by atoms with Gasteiger partial charge in [0, 0.05) is 11.0 Å². The molecule has 5 heteroatoms. The fraction of sp³-hybridized carbons (Fsp3) is 0.385. The van der Waals surface area contributed by atoms with Gasteiger partial charge in [0.25, 0.3) is 0 Å². The number of nitrogens with zero attached hydrogens (tertiary/aromatic N) is 1. The molecule has 0 unspecified atom stereocenters. The summed E-state index contributed by atoms with van der Waals surface area (Å²) in [5.41, 5.74) is 0. The SMILES string of the molecule is C#CCN(CC1CC1)S(=O)(=O)c1ccc(Br)cc1. The zero-order valence-electron chi connectivity index (χ0n) is 9.84. The highest BCUT2D eigenvalue weighted by Crippen LogP contribution is 2.31. The van der Waals surface area contributed by atoms with Crippen molar-refractivity contribution < 1.29 is 8.42 Å². The first-order chi connectivity index (χ1) is 8.54. The molecule has 0 amide bonds. The van der Waals surface area contributed by atoms with Gasteiger partial charge in [-0.15, -0.1) is 6.42 Å². The Kier molecular flexibility index (Phi) is 4.10. The molecule has 0 N–H and O–H groups in total. The Morgan fingerprint density at radius 3 is 2.44 bits per heavy atom. The van der Waals surface area contributed by atoms with Gasteiger partial charge < -0.3 is 0 Å². The maximum absolute atomic E-state index is 12.4. The van der Waals surface area contributed by atoms with E-state index < -0.39 is 10.0 Å². The van der Waals surface area contributed by atoms with Gasteiger partial charge in [0.15, 0.2) is 0 Å². The fourth-order valence-corrected chi connectivity index (χ4v) is 3.39. The van der Waals surface area contributed by atoms with Crippen molar-refractivity contribution in [2.24, 2.45) is 5.92 Å². The van der Waals surface area contributed by atoms with Gasteiger partial charge in [-0.05, 0) is 43.0 Å². The second-order valence-electron chi connectivity index (χ2n) is 4.40. The third kappa shape index (κ3) is 3.14. The normalized spacial score (nSPS) is 15.6. The molecule has 1 fully saturated rings. The van der Waals surface area contributed by atoms with Crippen molar-refractivity contribution in [2.45, 2.75) is 17.7 Å². The predicted octanol–water partition coefficient (Wildman–Crippen LogP) is 2.48. The van der Waals surface area contributed by atoms with E-state index in [1.807, 2.05) is 0 Å². The summed E-state index contributed by atoms with van der Waals surface area (Å²) < 4.78 is 27.1. The van der Waals surface area contributed by atoms with Gasteiger partial charge in [0.1, 0.15) is 0 Å². The molecule has 2 rings (SSSR count). The van der Waals surface area contributed by atoms with Crippen LogP contribution in [0.4, 0.5) is 0 Å². The topological polar surface area (TPSA) is 37.4 Å². The Bertz CT molecular complexity index is 556. The number of rotatable bonds is 5. The first-order valence-electron chi connectivity index (χ1n) is 5.73. The molecule has 1 aliphatic rings. The minimum absolute atomic E-state index is 0.134. The Morgan fingerprint density at radius 2 is 1.94 bits per heavy atom. The van der Waals surface area contributed by atoms with Crippen LogP contribution < -0.4 is 0 Å². The van der Waals surface area contributed by atoms with Gasteiger partial charge in [-0.3, -0.25) is 0 Å². The lowest BCUT2D eigenvalue weighted by Crippen LogP contribution is -2.33. The lowest BCUT2D eigenvalue weighted by molar-refractivity contribution is 0.430. The molecule has 0 aromatic heterocycles. The zero-order valence-corrected chi connectivity index (χ0v) is 12.2. The van der Waals surface area contributed by atoms with E-state index in [0.29, 0.717) is 17.4 Å². The van der Waals surface area contributed by atoms with Crippen LogP contribution in [0, 0.1) is 18.3 Å². The standard InChI is InChI=1S/C13H14BrNO2S/c1-2-9-15(10-11-3-4-11)18(16,17)13-7-5-12(14)6-8-13/h1,5-8,11H,3-4,9-10H2. The summed E-state index contributed by atoms with van der Waals surface area (Å²) in [6, 6.07) is 6.63. The van der Waals surface area contributed by atoms with Crippen LogP contribution in [0.1, 0.15) is 12.8 Å². The summed E-state index contributed by atoms with van der Waals surface area (Å²) in [4.78, 5) is 0.293. The molecule has 1 saturated carbocycles. The number of hydrogen-bond donors (Lipinski definition) is 0. The Balaban J connectivity index is 2.26. The van der Waals surface area contributed by atoms with Crippen molar-refractivity contribution in [1.82, 2.24) is 4.31 Å². The minimum Gasteiger partial charge on any atom is -0.207 e. The molecule has 1 aliphatic carbocycles. The highest BCUT2D eigenvalue weighted by molar-refractivity contribution is 9.10. The Morgan fingerprint density at radius 1 is 1.33 bits per heavy atom. The predicted molar refractivity (Wildman–Crippen MR) is 74.5 cm³/mol. The Hall–Kier alpha value is -0.830. The fourth-order valence-electron chi connectivity index (χ4n) is 1.69. The van der Waals surface area contributed by atoms with Crippen LogP contribution in [-0.4, -0.2) is 25.8 Å². The van der Waals surface area contributed by atoms with Gasteiger partial charge in [-0.1, -0.05) is 21.9 Å². The molecule has 0 heterocycles. The van der Waals surface area contributed by atoms with Crippen LogP contribution in [0.15, 0.2) is 33.6 Å². The molecule has 1 aromatic rings. The van der Waals surface area contributed by atoms with E-state index in [9.17, 15) is 8.42 Å². The first kappa shape index (κ1) is 13.6. The first-order valence-corrected chi connectivity index (χ1v) is 7.96. The average Bonchev–Trinajstić information content (AvgIpc) is 3.13. The average molecular weight is 328 g/mol. The maximum atomic E-state index is 12.4. The maximum Gasteiger partial charge on any atom is 0.243 e. The highest BCUT2D eigenvalue weighted by Gasteiger charge is 2.31. The van der Waals surface area contributed by atoms with Crippen molar-refractivity contribution in [3.8, 4) is 12.3 Å². The van der Waals surface area contributed by atoms with Crippen LogP contribution in [0.3, 0.4) is 0 Å². The molecule has 0 bridgehead atoms. The summed E-state index contributed by atoms with van der Waals surface area (Å²) in [7, 11) is -3.47. The summed E-state index contributed by atoms with van der Waals surface area (Å²) in [6.45, 7) is 0.664. The number of terminal acetylenes is 1. The molecule has 96 valence electrons. The van der Waals surface area contributed by atoms with Crippen LogP contribution in [-0.2, 0) is 10.0 Å². The second kappa shape index (κ2) is 5.43. The smallest absolute Gasteiger partial charge is 0.207 e. The number of hydrogen-bond acceptors (Lipinski definition) is 2. The molecular formula is C13H14BrNO2S. The summed E-state index contributed by atoms with van der Waals surface area (Å²) in [6.07, 6.45) is 7.45. The molecule has 0 atom stereocenters. The van der Waals surface area contributed by atoms with Gasteiger partial charge in [0.2, 0.25) is 10.0 Å². The van der Waals surface area contributed by atoms with Gasteiger partial charge in [-0.2, -0.15) is 4.31 Å². The van der Waals surface area contributed by atoms with Crippen molar-refractivity contribution in [2.75, 3.05) is 13.1 Å². The quantitative estimate of drug-likeness (QED) is 0.779. The monoisotopic (exact) mass is 327 g/mol. The number of sulfonamides is 1. The van der Waals surface area contributed by atoms with E-state index in [1.165, 1.54) is 4.31 Å². The zero-order chi connectivity index (χ0) is 13.2. The Labute approximate surface area is 116 Å². The minimum atomic E-state index is -3.47. The van der Waals surface area contributed by atoms with Crippen molar-refractivity contribution in [3.05, 3.63) is 28.7 Å². The van der Waals surface area contributed by atoms with Gasteiger partial charge in [0.05, 0.1) is 11.4 Å². The van der Waals surface area contributed by atoms with Crippen LogP contribution in [0.5, 0.6) is 0 Å². The van der Waals surface area contributed by atoms with Crippen molar-refractivity contribution in [3.63, 3.8) is 0 Å². The van der Waals surface area contributed by atoms with E-state index in [4.69, 9.17) is 6.42 Å². The van der Waals surface area contributed by atoms with Gasteiger partial charge in [-0.25, -0.2) is 8.42 Å². The molecule has 0 saturated heterocycles.